The van der Waals surface area contributed by atoms with Crippen LogP contribution in [0.3, 0.4) is 0 Å². The van der Waals surface area contributed by atoms with E-state index in [0.29, 0.717) is 17.9 Å². The van der Waals surface area contributed by atoms with Crippen molar-refractivity contribution in [1.29, 1.82) is 0 Å². The van der Waals surface area contributed by atoms with E-state index in [1.54, 1.807) is 6.07 Å². The van der Waals surface area contributed by atoms with Crippen molar-refractivity contribution in [3.63, 3.8) is 0 Å². The van der Waals surface area contributed by atoms with Gasteiger partial charge in [-0.15, -0.1) is 0 Å². The lowest BCUT2D eigenvalue weighted by atomic mass is 10.1. The summed E-state index contributed by atoms with van der Waals surface area (Å²) in [6.07, 6.45) is 3.53. The minimum Gasteiger partial charge on any atom is -0.490 e. The Labute approximate surface area is 117 Å². The molecule has 1 saturated carbocycles. The molecule has 0 aliphatic heterocycles. The zero-order valence-corrected chi connectivity index (χ0v) is 11.8. The molecule has 1 fully saturated rings. The molecule has 1 heterocycles. The second-order valence-electron chi connectivity index (χ2n) is 5.53. The van der Waals surface area contributed by atoms with Crippen LogP contribution in [0.4, 0.5) is 0 Å². The molecule has 0 spiro atoms. The monoisotopic (exact) mass is 283 g/mol. The van der Waals surface area contributed by atoms with Gasteiger partial charge in [0.2, 0.25) is 0 Å². The topological polar surface area (TPSA) is 77.2 Å². The van der Waals surface area contributed by atoms with Crippen LogP contribution in [-0.4, -0.2) is 29.1 Å². The number of hydrogen-bond donors (Lipinski definition) is 2. The Hall–Kier alpha value is -1.33. The van der Waals surface area contributed by atoms with E-state index in [2.05, 4.69) is 10.3 Å². The zero-order valence-electron chi connectivity index (χ0n) is 11.1. The van der Waals surface area contributed by atoms with Crippen LogP contribution in [-0.2, 0) is 0 Å². The Morgan fingerprint density at radius 1 is 1.63 bits per heavy atom. The van der Waals surface area contributed by atoms with Gasteiger partial charge in [-0.25, -0.2) is 4.98 Å². The molecule has 1 aromatic rings. The van der Waals surface area contributed by atoms with Crippen LogP contribution in [0.15, 0.2) is 12.3 Å². The van der Waals surface area contributed by atoms with Gasteiger partial charge >= 0.3 is 0 Å². The quantitative estimate of drug-likeness (QED) is 0.807. The van der Waals surface area contributed by atoms with Crippen LogP contribution in [0.5, 0.6) is 5.75 Å². The number of rotatable bonds is 5. The molecular formula is C13H18ClN3O2. The molecule has 0 aromatic carbocycles. The fourth-order valence-electron chi connectivity index (χ4n) is 1.43. The number of carbonyl (C=O) groups excluding carboxylic acids is 1. The minimum absolute atomic E-state index is 0.178. The first-order valence-electron chi connectivity index (χ1n) is 6.23. The lowest BCUT2D eigenvalue weighted by molar-refractivity contribution is 0.0950. The summed E-state index contributed by atoms with van der Waals surface area (Å²) >= 11 is 5.93. The largest absolute Gasteiger partial charge is 0.490 e. The van der Waals surface area contributed by atoms with Crippen molar-refractivity contribution >= 4 is 17.5 Å². The van der Waals surface area contributed by atoms with E-state index in [1.165, 1.54) is 6.20 Å². The number of halogens is 1. The number of nitrogens with one attached hydrogen (secondary N) is 1. The predicted molar refractivity (Wildman–Crippen MR) is 73.5 cm³/mol. The van der Waals surface area contributed by atoms with Crippen molar-refractivity contribution in [2.75, 3.05) is 6.61 Å². The maximum atomic E-state index is 12.0. The lowest BCUT2D eigenvalue weighted by Gasteiger charge is -2.19. The summed E-state index contributed by atoms with van der Waals surface area (Å²) in [4.78, 5) is 15.9. The van der Waals surface area contributed by atoms with Gasteiger partial charge < -0.3 is 15.8 Å². The number of amides is 1. The first-order valence-corrected chi connectivity index (χ1v) is 6.61. The second-order valence-corrected chi connectivity index (χ2v) is 5.89. The lowest BCUT2D eigenvalue weighted by Crippen LogP contribution is -2.38. The molecule has 2 rings (SSSR count). The molecule has 0 saturated heterocycles. The molecule has 0 atom stereocenters. The Morgan fingerprint density at radius 2 is 2.32 bits per heavy atom. The number of pyridine rings is 1. The van der Waals surface area contributed by atoms with Crippen molar-refractivity contribution < 1.29 is 9.53 Å². The summed E-state index contributed by atoms with van der Waals surface area (Å²) in [5, 5.41) is 3.05. The van der Waals surface area contributed by atoms with Gasteiger partial charge in [0.15, 0.2) is 0 Å². The Bertz CT molecular complexity index is 481. The van der Waals surface area contributed by atoms with Crippen LogP contribution in [0, 0.1) is 0 Å². The van der Waals surface area contributed by atoms with E-state index in [1.807, 2.05) is 13.8 Å². The molecule has 0 bridgehead atoms. The van der Waals surface area contributed by atoms with Gasteiger partial charge in [0, 0.05) is 11.6 Å². The zero-order chi connectivity index (χ0) is 14.0. The Balaban J connectivity index is 2.07. The van der Waals surface area contributed by atoms with E-state index in [-0.39, 0.29) is 17.1 Å². The molecule has 3 N–H and O–H groups in total. The average Bonchev–Trinajstić information content (AvgIpc) is 3.10. The van der Waals surface area contributed by atoms with Crippen molar-refractivity contribution in [2.45, 2.75) is 38.3 Å². The number of nitrogens with zero attached hydrogens (tertiary/aromatic N) is 1. The Morgan fingerprint density at radius 3 is 2.89 bits per heavy atom. The normalized spacial score (nSPS) is 15.2. The number of aromatic nitrogens is 1. The summed E-state index contributed by atoms with van der Waals surface area (Å²) in [5.74, 6) is 0.279. The molecule has 0 unspecified atom stereocenters. The minimum atomic E-state index is -0.448. The highest BCUT2D eigenvalue weighted by Crippen LogP contribution is 2.23. The number of hydrogen-bond acceptors (Lipinski definition) is 4. The third-order valence-corrected chi connectivity index (χ3v) is 2.88. The smallest absolute Gasteiger partial charge is 0.254 e. The maximum Gasteiger partial charge on any atom is 0.254 e. The van der Waals surface area contributed by atoms with E-state index in [0.717, 1.165) is 12.8 Å². The number of ether oxygens (including phenoxy) is 1. The molecule has 1 aromatic heterocycles. The third kappa shape index (κ3) is 4.36. The summed E-state index contributed by atoms with van der Waals surface area (Å²) < 4.78 is 5.51. The van der Waals surface area contributed by atoms with E-state index in [4.69, 9.17) is 22.1 Å². The van der Waals surface area contributed by atoms with Gasteiger partial charge in [0.05, 0.1) is 11.8 Å². The summed E-state index contributed by atoms with van der Waals surface area (Å²) in [6, 6.07) is 1.87. The van der Waals surface area contributed by atoms with Crippen molar-refractivity contribution in [3.05, 3.63) is 23.0 Å². The fraction of sp³-hybridized carbons (Fsp3) is 0.538. The molecule has 104 valence electrons. The van der Waals surface area contributed by atoms with Crippen LogP contribution in [0.1, 0.15) is 37.0 Å². The van der Waals surface area contributed by atoms with Gasteiger partial charge in [-0.1, -0.05) is 11.6 Å². The molecule has 6 heteroatoms. The summed E-state index contributed by atoms with van der Waals surface area (Å²) in [6.45, 7) is 4.05. The third-order valence-electron chi connectivity index (χ3n) is 2.58. The van der Waals surface area contributed by atoms with Gasteiger partial charge in [-0.2, -0.15) is 0 Å². The molecule has 1 aliphatic rings. The highest BCUT2D eigenvalue weighted by atomic mass is 35.5. The van der Waals surface area contributed by atoms with Crippen LogP contribution < -0.4 is 15.8 Å². The standard InChI is InChI=1S/C13H18ClN3O2/c1-13(2,15)7-19-9-5-10(11(14)16-6-9)12(18)17-8-3-4-8/h5-6,8H,3-4,7,15H2,1-2H3,(H,17,18). The SMILES string of the molecule is CC(C)(N)COc1cnc(Cl)c(C(=O)NC2CC2)c1. The van der Waals surface area contributed by atoms with E-state index < -0.39 is 5.54 Å². The highest BCUT2D eigenvalue weighted by Gasteiger charge is 2.25. The van der Waals surface area contributed by atoms with E-state index in [9.17, 15) is 4.79 Å². The fourth-order valence-corrected chi connectivity index (χ4v) is 1.62. The first kappa shape index (κ1) is 14.1. The molecule has 0 radical (unpaired) electrons. The molecule has 5 nitrogen and oxygen atoms in total. The predicted octanol–water partition coefficient (Wildman–Crippen LogP) is 1.74. The van der Waals surface area contributed by atoms with Crippen molar-refractivity contribution in [2.24, 2.45) is 5.73 Å². The van der Waals surface area contributed by atoms with Gasteiger partial charge in [0.1, 0.15) is 17.5 Å². The highest BCUT2D eigenvalue weighted by molar-refractivity contribution is 6.32. The van der Waals surface area contributed by atoms with Crippen LogP contribution >= 0.6 is 11.6 Å². The van der Waals surface area contributed by atoms with Crippen LogP contribution in [0.2, 0.25) is 5.15 Å². The van der Waals surface area contributed by atoms with Crippen molar-refractivity contribution in [3.8, 4) is 5.75 Å². The molecular weight excluding hydrogens is 266 g/mol. The number of carbonyl (C=O) groups is 1. The van der Waals surface area contributed by atoms with E-state index >= 15 is 0 Å². The summed E-state index contributed by atoms with van der Waals surface area (Å²) in [5.41, 5.74) is 5.72. The molecule has 1 amide bonds. The average molecular weight is 284 g/mol. The van der Waals surface area contributed by atoms with Gasteiger partial charge in [-0.05, 0) is 32.8 Å². The van der Waals surface area contributed by atoms with Crippen molar-refractivity contribution in [1.82, 2.24) is 10.3 Å². The maximum absolute atomic E-state index is 12.0. The Kier molecular flexibility index (Phi) is 3.96. The molecule has 19 heavy (non-hydrogen) atoms. The second kappa shape index (κ2) is 5.35. The molecule has 1 aliphatic carbocycles. The van der Waals surface area contributed by atoms with Gasteiger partial charge in [-0.3, -0.25) is 4.79 Å². The van der Waals surface area contributed by atoms with Gasteiger partial charge in [0.25, 0.3) is 5.91 Å². The number of nitrogens with two attached hydrogens (primary N) is 1. The summed E-state index contributed by atoms with van der Waals surface area (Å²) in [7, 11) is 0. The van der Waals surface area contributed by atoms with Crippen LogP contribution in [0.25, 0.3) is 0 Å². The first-order chi connectivity index (χ1) is 8.85.